The lowest BCUT2D eigenvalue weighted by atomic mass is 10.1. The topological polar surface area (TPSA) is 102 Å². The molecule has 0 unspecified atom stereocenters. The second-order valence-corrected chi connectivity index (χ2v) is 7.78. The number of rotatable bonds is 10. The SMILES string of the molecule is COc1cc(OC)c(F)c(N(C/C=N/CCC=N)c2ccc3ncc(-c4cnn(C)c4)cc3n2)c1F. The normalized spacial score (nSPS) is 11.2. The minimum absolute atomic E-state index is 0.0103. The van der Waals surface area contributed by atoms with Gasteiger partial charge in [-0.2, -0.15) is 5.10 Å². The Kier molecular flexibility index (Phi) is 7.47. The van der Waals surface area contributed by atoms with Gasteiger partial charge in [0.05, 0.1) is 38.0 Å². The molecule has 0 aliphatic rings. The van der Waals surface area contributed by atoms with E-state index in [1.165, 1.54) is 31.5 Å². The lowest BCUT2D eigenvalue weighted by Crippen LogP contribution is -2.23. The van der Waals surface area contributed by atoms with Crippen molar-refractivity contribution in [1.29, 1.82) is 5.41 Å². The number of nitrogens with one attached hydrogen (secondary N) is 1. The lowest BCUT2D eigenvalue weighted by molar-refractivity contribution is 0.359. The number of aliphatic imine (C=N–C) groups is 1. The molecule has 0 amide bonds. The predicted octanol–water partition coefficient (Wildman–Crippen LogP) is 4.57. The number of fused-ring (bicyclic) bond motifs is 1. The molecule has 0 fully saturated rings. The first-order chi connectivity index (χ1) is 17.5. The third-order valence-electron chi connectivity index (χ3n) is 5.45. The van der Waals surface area contributed by atoms with E-state index >= 15 is 8.78 Å². The average Bonchev–Trinajstić information content (AvgIpc) is 3.33. The molecule has 0 bridgehead atoms. The van der Waals surface area contributed by atoms with Crippen LogP contribution in [0.1, 0.15) is 6.42 Å². The van der Waals surface area contributed by atoms with Crippen molar-refractivity contribution in [3.05, 3.63) is 54.5 Å². The van der Waals surface area contributed by atoms with Crippen molar-refractivity contribution < 1.29 is 18.3 Å². The fraction of sp³-hybridized carbons (Fsp3) is 0.240. The summed E-state index contributed by atoms with van der Waals surface area (Å²) < 4.78 is 42.8. The van der Waals surface area contributed by atoms with Crippen LogP contribution >= 0.6 is 0 Å². The monoisotopic (exact) mass is 493 g/mol. The van der Waals surface area contributed by atoms with Gasteiger partial charge in [0.15, 0.2) is 23.1 Å². The third-order valence-corrected chi connectivity index (χ3v) is 5.45. The molecule has 0 saturated heterocycles. The molecule has 3 aromatic heterocycles. The summed E-state index contributed by atoms with van der Waals surface area (Å²) in [5, 5.41) is 11.3. The molecule has 0 aliphatic carbocycles. The lowest BCUT2D eigenvalue weighted by Gasteiger charge is -2.25. The van der Waals surface area contributed by atoms with E-state index in [2.05, 4.69) is 20.1 Å². The molecular formula is C25H25F2N7O2. The largest absolute Gasteiger partial charge is 0.493 e. The Bertz CT molecular complexity index is 1390. The smallest absolute Gasteiger partial charge is 0.191 e. The maximum atomic E-state index is 15.4. The molecular weight excluding hydrogens is 468 g/mol. The van der Waals surface area contributed by atoms with Gasteiger partial charge >= 0.3 is 0 Å². The third kappa shape index (κ3) is 4.99. The van der Waals surface area contributed by atoms with Crippen molar-refractivity contribution in [3.63, 3.8) is 0 Å². The number of aryl methyl sites for hydroxylation is 1. The summed E-state index contributed by atoms with van der Waals surface area (Å²) in [7, 11) is 4.41. The van der Waals surface area contributed by atoms with Crippen molar-refractivity contribution in [1.82, 2.24) is 19.7 Å². The Balaban J connectivity index is 1.84. The van der Waals surface area contributed by atoms with Crippen LogP contribution in [0.2, 0.25) is 0 Å². The molecule has 0 saturated carbocycles. The number of halogens is 2. The van der Waals surface area contributed by atoms with Gasteiger partial charge in [-0.15, -0.1) is 0 Å². The highest BCUT2D eigenvalue weighted by Gasteiger charge is 2.26. The Hall–Kier alpha value is -4.41. The van der Waals surface area contributed by atoms with Gasteiger partial charge in [0.1, 0.15) is 11.5 Å². The van der Waals surface area contributed by atoms with E-state index in [-0.39, 0.29) is 29.5 Å². The highest BCUT2D eigenvalue weighted by Crippen LogP contribution is 2.39. The Labute approximate surface area is 206 Å². The number of ether oxygens (including phenoxy) is 2. The van der Waals surface area contributed by atoms with Crippen LogP contribution in [-0.4, -0.2) is 59.5 Å². The van der Waals surface area contributed by atoms with E-state index < -0.39 is 11.6 Å². The maximum Gasteiger partial charge on any atom is 0.191 e. The summed E-state index contributed by atoms with van der Waals surface area (Å²) >= 11 is 0. The number of hydrogen-bond acceptors (Lipinski definition) is 8. The van der Waals surface area contributed by atoms with Crippen LogP contribution in [0, 0.1) is 17.0 Å². The average molecular weight is 494 g/mol. The summed E-state index contributed by atoms with van der Waals surface area (Å²) in [5.41, 5.74) is 2.45. The fourth-order valence-corrected chi connectivity index (χ4v) is 3.65. The molecule has 4 rings (SSSR count). The summed E-state index contributed by atoms with van der Waals surface area (Å²) in [6.45, 7) is 0.393. The van der Waals surface area contributed by atoms with Gasteiger partial charge < -0.3 is 19.8 Å². The van der Waals surface area contributed by atoms with Crippen molar-refractivity contribution in [2.75, 3.05) is 32.2 Å². The van der Waals surface area contributed by atoms with E-state index in [1.807, 2.05) is 19.3 Å². The Morgan fingerprint density at radius 1 is 1.06 bits per heavy atom. The summed E-state index contributed by atoms with van der Waals surface area (Å²) in [5.74, 6) is -1.86. The summed E-state index contributed by atoms with van der Waals surface area (Å²) in [6.07, 6.45) is 8.54. The van der Waals surface area contributed by atoms with Gasteiger partial charge in [-0.3, -0.25) is 14.7 Å². The van der Waals surface area contributed by atoms with Crippen LogP contribution in [0.4, 0.5) is 20.3 Å². The number of anilines is 2. The first-order valence-electron chi connectivity index (χ1n) is 11.1. The molecule has 11 heteroatoms. The first kappa shape index (κ1) is 24.7. The molecule has 0 radical (unpaired) electrons. The van der Waals surface area contributed by atoms with Gasteiger partial charge in [0.2, 0.25) is 0 Å². The van der Waals surface area contributed by atoms with Crippen LogP contribution in [0.25, 0.3) is 22.2 Å². The van der Waals surface area contributed by atoms with Crippen LogP contribution in [0.3, 0.4) is 0 Å². The predicted molar refractivity (Wildman–Crippen MR) is 135 cm³/mol. The highest BCUT2D eigenvalue weighted by molar-refractivity contribution is 5.83. The van der Waals surface area contributed by atoms with Gasteiger partial charge in [0.25, 0.3) is 0 Å². The number of nitrogens with zero attached hydrogens (tertiary/aromatic N) is 6. The van der Waals surface area contributed by atoms with Crippen LogP contribution in [-0.2, 0) is 7.05 Å². The zero-order valence-corrected chi connectivity index (χ0v) is 20.1. The number of aromatic nitrogens is 4. The van der Waals surface area contributed by atoms with Crippen LogP contribution < -0.4 is 14.4 Å². The molecule has 3 heterocycles. The second kappa shape index (κ2) is 10.9. The molecule has 0 atom stereocenters. The molecule has 1 aromatic carbocycles. The van der Waals surface area contributed by atoms with E-state index in [0.717, 1.165) is 17.2 Å². The van der Waals surface area contributed by atoms with Gasteiger partial charge in [0, 0.05) is 55.8 Å². The van der Waals surface area contributed by atoms with Gasteiger partial charge in [-0.25, -0.2) is 13.8 Å². The zero-order chi connectivity index (χ0) is 25.7. The van der Waals surface area contributed by atoms with Gasteiger partial charge in [-0.1, -0.05) is 0 Å². The molecule has 0 aliphatic heterocycles. The molecule has 9 nitrogen and oxygen atoms in total. The van der Waals surface area contributed by atoms with E-state index in [9.17, 15) is 0 Å². The first-order valence-corrected chi connectivity index (χ1v) is 11.1. The summed E-state index contributed by atoms with van der Waals surface area (Å²) in [6, 6.07) is 6.37. The fourth-order valence-electron chi connectivity index (χ4n) is 3.65. The second-order valence-electron chi connectivity index (χ2n) is 7.78. The van der Waals surface area contributed by atoms with E-state index in [4.69, 9.17) is 14.9 Å². The van der Waals surface area contributed by atoms with Crippen LogP contribution in [0.5, 0.6) is 11.5 Å². The standard InChI is InChI=1S/C25H25F2N7O2/c1-33-15-17(14-31-33)16-11-19-18(30-13-16)5-6-22(32-19)34(10-9-29-8-4-7-28)25-23(26)20(35-2)12-21(36-3)24(25)27/h5-7,9,11-15,28H,4,8,10H2,1-3H3/b28-7?,29-9+. The highest BCUT2D eigenvalue weighted by atomic mass is 19.1. The summed E-state index contributed by atoms with van der Waals surface area (Å²) in [4.78, 5) is 14.7. The van der Waals surface area contributed by atoms with Crippen molar-refractivity contribution in [3.8, 4) is 22.6 Å². The Morgan fingerprint density at radius 3 is 2.44 bits per heavy atom. The van der Waals surface area contributed by atoms with E-state index in [0.29, 0.717) is 24.0 Å². The number of methoxy groups -OCH3 is 2. The number of benzene rings is 1. The Morgan fingerprint density at radius 2 is 1.81 bits per heavy atom. The number of hydrogen-bond donors (Lipinski definition) is 1. The zero-order valence-electron chi connectivity index (χ0n) is 20.1. The van der Waals surface area contributed by atoms with Crippen molar-refractivity contribution in [2.24, 2.45) is 12.0 Å². The minimum atomic E-state index is -0.896. The molecule has 186 valence electrons. The minimum Gasteiger partial charge on any atom is -0.493 e. The molecule has 1 N–H and O–H groups in total. The van der Waals surface area contributed by atoms with Crippen LogP contribution in [0.15, 0.2) is 47.8 Å². The maximum absolute atomic E-state index is 15.4. The molecule has 4 aromatic rings. The molecule has 36 heavy (non-hydrogen) atoms. The van der Waals surface area contributed by atoms with Crippen molar-refractivity contribution in [2.45, 2.75) is 6.42 Å². The van der Waals surface area contributed by atoms with Crippen molar-refractivity contribution >= 4 is 35.0 Å². The quantitative estimate of drug-likeness (QED) is 0.256. The number of pyridine rings is 2. The molecule has 0 spiro atoms. The van der Waals surface area contributed by atoms with E-state index in [1.54, 1.807) is 29.2 Å². The van der Waals surface area contributed by atoms with Gasteiger partial charge in [-0.05, 0) is 24.4 Å².